The molecule has 1 aliphatic carbocycles. The number of nitrogens with zero attached hydrogens (tertiary/aromatic N) is 1. The molecule has 4 aromatic carbocycles. The maximum absolute atomic E-state index is 14.4. The summed E-state index contributed by atoms with van der Waals surface area (Å²) in [6, 6.07) is 33.9. The van der Waals surface area contributed by atoms with Crippen molar-refractivity contribution in [1.82, 2.24) is 4.90 Å². The Kier molecular flexibility index (Phi) is 4.13. The van der Waals surface area contributed by atoms with Gasteiger partial charge in [0.25, 0.3) is 5.91 Å². The first-order chi connectivity index (χ1) is 17.1. The van der Waals surface area contributed by atoms with Crippen molar-refractivity contribution in [2.75, 3.05) is 26.0 Å². The topological polar surface area (TPSA) is 41.6 Å². The molecular formula is C31H26N2O2. The van der Waals surface area contributed by atoms with Crippen LogP contribution in [0.4, 0.5) is 5.69 Å². The highest BCUT2D eigenvalue weighted by atomic mass is 16.5. The van der Waals surface area contributed by atoms with Crippen molar-refractivity contribution in [2.24, 2.45) is 0 Å². The summed E-state index contributed by atoms with van der Waals surface area (Å²) >= 11 is 0. The molecule has 2 atom stereocenters. The molecule has 2 heterocycles. The Morgan fingerprint density at radius 2 is 1.37 bits per heavy atom. The minimum Gasteiger partial charge on any atom is -0.497 e. The molecule has 172 valence electrons. The summed E-state index contributed by atoms with van der Waals surface area (Å²) in [5, 5.41) is 3.26. The van der Waals surface area contributed by atoms with Gasteiger partial charge in [0, 0.05) is 23.7 Å². The standard InChI is InChI=1S/C31H26N2O2/c1-33-19-27(20-15-17-21(35-2)18-16-20)30(31(33)26-13-7-8-14-28(26)32-29(31)34)24-11-5-3-9-22(24)23-10-4-6-12-25(23)30/h3-18,27H,19H2,1-2H3,(H,32,34)/t27-,31+/m1/s1. The van der Waals surface area contributed by atoms with E-state index >= 15 is 0 Å². The van der Waals surface area contributed by atoms with Crippen LogP contribution in [-0.4, -0.2) is 31.5 Å². The highest BCUT2D eigenvalue weighted by molar-refractivity contribution is 6.09. The van der Waals surface area contributed by atoms with Gasteiger partial charge in [-0.05, 0) is 53.1 Å². The fourth-order valence-corrected chi connectivity index (χ4v) is 7.34. The second-order valence-corrected chi connectivity index (χ2v) is 9.82. The first-order valence-electron chi connectivity index (χ1n) is 12.1. The van der Waals surface area contributed by atoms with Crippen LogP contribution < -0.4 is 10.1 Å². The van der Waals surface area contributed by atoms with Crippen LogP contribution >= 0.6 is 0 Å². The van der Waals surface area contributed by atoms with Crippen LogP contribution in [0.25, 0.3) is 11.1 Å². The molecule has 1 amide bonds. The number of likely N-dealkylation sites (N-methyl/N-ethyl adjacent to an activating group) is 1. The number of ether oxygens (including phenoxy) is 1. The summed E-state index contributed by atoms with van der Waals surface area (Å²) in [4.78, 5) is 16.6. The van der Waals surface area contributed by atoms with Crippen LogP contribution in [0.1, 0.15) is 28.2 Å². The minimum atomic E-state index is -0.878. The van der Waals surface area contributed by atoms with E-state index in [1.54, 1.807) is 7.11 Å². The summed E-state index contributed by atoms with van der Waals surface area (Å²) in [7, 11) is 3.80. The number of carbonyl (C=O) groups is 1. The van der Waals surface area contributed by atoms with Gasteiger partial charge in [-0.25, -0.2) is 0 Å². The molecule has 1 saturated heterocycles. The fourth-order valence-electron chi connectivity index (χ4n) is 7.34. The van der Waals surface area contributed by atoms with Gasteiger partial charge in [0.05, 0.1) is 12.5 Å². The number of carbonyl (C=O) groups excluding carboxylic acids is 1. The van der Waals surface area contributed by atoms with E-state index in [1.165, 1.54) is 27.8 Å². The van der Waals surface area contributed by atoms with Crippen LogP contribution in [0.15, 0.2) is 97.1 Å². The molecular weight excluding hydrogens is 432 g/mol. The highest BCUT2D eigenvalue weighted by Crippen LogP contribution is 2.70. The Bertz CT molecular complexity index is 1450. The van der Waals surface area contributed by atoms with Crippen molar-refractivity contribution in [3.05, 3.63) is 119 Å². The Labute approximate surface area is 205 Å². The van der Waals surface area contributed by atoms with Crippen LogP contribution in [0.2, 0.25) is 0 Å². The number of fused-ring (bicyclic) bond motifs is 8. The molecule has 3 aliphatic rings. The molecule has 7 rings (SSSR count). The van der Waals surface area contributed by atoms with E-state index < -0.39 is 11.0 Å². The van der Waals surface area contributed by atoms with Gasteiger partial charge in [-0.2, -0.15) is 0 Å². The number of hydrogen-bond acceptors (Lipinski definition) is 3. The van der Waals surface area contributed by atoms with Gasteiger partial charge < -0.3 is 10.1 Å². The van der Waals surface area contributed by atoms with Gasteiger partial charge in [0.1, 0.15) is 11.3 Å². The van der Waals surface area contributed by atoms with Crippen LogP contribution in [0.3, 0.4) is 0 Å². The zero-order valence-corrected chi connectivity index (χ0v) is 19.8. The summed E-state index contributed by atoms with van der Waals surface area (Å²) < 4.78 is 5.46. The van der Waals surface area contributed by atoms with Gasteiger partial charge in [0.15, 0.2) is 0 Å². The molecule has 0 radical (unpaired) electrons. The van der Waals surface area contributed by atoms with Crippen molar-refractivity contribution < 1.29 is 9.53 Å². The molecule has 0 saturated carbocycles. The van der Waals surface area contributed by atoms with Crippen LogP contribution in [0.5, 0.6) is 5.75 Å². The molecule has 1 N–H and O–H groups in total. The highest BCUT2D eigenvalue weighted by Gasteiger charge is 2.73. The van der Waals surface area contributed by atoms with Crippen LogP contribution in [-0.2, 0) is 15.7 Å². The van der Waals surface area contributed by atoms with Crippen molar-refractivity contribution in [1.29, 1.82) is 0 Å². The Hall–Kier alpha value is -3.89. The third-order valence-electron chi connectivity index (χ3n) is 8.53. The van der Waals surface area contributed by atoms with E-state index in [0.717, 1.165) is 23.5 Å². The lowest BCUT2D eigenvalue weighted by Crippen LogP contribution is -2.57. The van der Waals surface area contributed by atoms with E-state index in [9.17, 15) is 4.79 Å². The van der Waals surface area contributed by atoms with Gasteiger partial charge in [-0.3, -0.25) is 9.69 Å². The van der Waals surface area contributed by atoms with E-state index in [0.29, 0.717) is 0 Å². The van der Waals surface area contributed by atoms with Crippen molar-refractivity contribution in [2.45, 2.75) is 16.9 Å². The third-order valence-corrected chi connectivity index (χ3v) is 8.53. The van der Waals surface area contributed by atoms with Gasteiger partial charge in [-0.1, -0.05) is 78.9 Å². The first-order valence-corrected chi connectivity index (χ1v) is 12.1. The Morgan fingerprint density at radius 1 is 0.800 bits per heavy atom. The Balaban J connectivity index is 1.64. The quantitative estimate of drug-likeness (QED) is 0.429. The lowest BCUT2D eigenvalue weighted by atomic mass is 9.56. The lowest BCUT2D eigenvalue weighted by molar-refractivity contribution is -0.127. The molecule has 1 fully saturated rings. The predicted octanol–water partition coefficient (Wildman–Crippen LogP) is 5.54. The Morgan fingerprint density at radius 3 is 2.00 bits per heavy atom. The van der Waals surface area contributed by atoms with E-state index in [1.807, 2.05) is 24.3 Å². The summed E-state index contributed by atoms with van der Waals surface area (Å²) in [5.74, 6) is 0.934. The average Bonchev–Trinajstić information content (AvgIpc) is 3.48. The lowest BCUT2D eigenvalue weighted by Gasteiger charge is -2.46. The van der Waals surface area contributed by atoms with Gasteiger partial charge in [0.2, 0.25) is 0 Å². The third kappa shape index (κ3) is 2.28. The molecule has 2 aliphatic heterocycles. The smallest absolute Gasteiger partial charge is 0.250 e. The van der Waals surface area contributed by atoms with E-state index in [-0.39, 0.29) is 11.8 Å². The number of amides is 1. The summed E-state index contributed by atoms with van der Waals surface area (Å²) in [6.07, 6.45) is 0. The zero-order valence-electron chi connectivity index (χ0n) is 19.8. The molecule has 4 heteroatoms. The van der Waals surface area contributed by atoms with Crippen molar-refractivity contribution in [3.8, 4) is 16.9 Å². The molecule has 0 bridgehead atoms. The number of para-hydroxylation sites is 1. The van der Waals surface area contributed by atoms with E-state index in [4.69, 9.17) is 4.74 Å². The molecule has 35 heavy (non-hydrogen) atoms. The monoisotopic (exact) mass is 458 g/mol. The van der Waals surface area contributed by atoms with Crippen molar-refractivity contribution >= 4 is 11.6 Å². The maximum atomic E-state index is 14.4. The fraction of sp³-hybridized carbons (Fsp3) is 0.194. The number of nitrogens with one attached hydrogen (secondary N) is 1. The number of likely N-dealkylation sites (tertiary alicyclic amines) is 1. The van der Waals surface area contributed by atoms with Crippen molar-refractivity contribution in [3.63, 3.8) is 0 Å². The minimum absolute atomic E-state index is 0.0451. The largest absolute Gasteiger partial charge is 0.497 e. The van der Waals surface area contributed by atoms with Gasteiger partial charge in [-0.15, -0.1) is 0 Å². The first kappa shape index (κ1) is 20.5. The maximum Gasteiger partial charge on any atom is 0.250 e. The second-order valence-electron chi connectivity index (χ2n) is 9.82. The molecule has 4 aromatic rings. The summed E-state index contributed by atoms with van der Waals surface area (Å²) in [5.41, 5.74) is 6.56. The molecule has 4 nitrogen and oxygen atoms in total. The molecule has 0 unspecified atom stereocenters. The zero-order chi connectivity index (χ0) is 23.8. The normalized spacial score (nSPS) is 23.3. The van der Waals surface area contributed by atoms with Crippen LogP contribution in [0, 0.1) is 0 Å². The second kappa shape index (κ2) is 7.06. The number of hydrogen-bond donors (Lipinski definition) is 1. The molecule has 0 aromatic heterocycles. The number of anilines is 1. The average molecular weight is 459 g/mol. The molecule has 2 spiro atoms. The van der Waals surface area contributed by atoms with E-state index in [2.05, 4.69) is 90.1 Å². The SMILES string of the molecule is COc1ccc([C@H]2CN(C)[C@@]3(C(=O)Nc4ccccc43)C23c2ccccc2-c2ccccc23)cc1. The predicted molar refractivity (Wildman–Crippen MR) is 138 cm³/mol. The number of benzene rings is 4. The van der Waals surface area contributed by atoms with Gasteiger partial charge >= 0.3 is 0 Å². The number of rotatable bonds is 2. The summed E-state index contributed by atoms with van der Waals surface area (Å²) in [6.45, 7) is 0.747. The number of methoxy groups -OCH3 is 1.